The number of alkyl halides is 1. The summed E-state index contributed by atoms with van der Waals surface area (Å²) in [4.78, 5) is 11.9. The van der Waals surface area contributed by atoms with Gasteiger partial charge in [0.2, 0.25) is 0 Å². The second-order valence-electron chi connectivity index (χ2n) is 3.45. The maximum absolute atomic E-state index is 11.9. The number of nitrogens with zero attached hydrogens (tertiary/aromatic N) is 1. The Morgan fingerprint density at radius 1 is 1.47 bits per heavy atom. The fourth-order valence-electron chi connectivity index (χ4n) is 1.75. The van der Waals surface area contributed by atoms with Crippen LogP contribution in [0.25, 0.3) is 0 Å². The predicted octanol–water partition coefficient (Wildman–Crippen LogP) is 3.04. The van der Waals surface area contributed by atoms with Crippen molar-refractivity contribution >= 4 is 17.6 Å². The Labute approximate surface area is 106 Å². The third-order valence-electron chi connectivity index (χ3n) is 2.51. The van der Waals surface area contributed by atoms with E-state index in [2.05, 4.69) is 0 Å². The number of ether oxygens (including phenoxy) is 1. The van der Waals surface area contributed by atoms with E-state index in [-0.39, 0.29) is 6.61 Å². The molecule has 3 nitrogen and oxygen atoms in total. The molecule has 0 fully saturated rings. The van der Waals surface area contributed by atoms with Crippen molar-refractivity contribution in [1.29, 1.82) is 5.26 Å². The van der Waals surface area contributed by atoms with E-state index < -0.39 is 5.97 Å². The van der Waals surface area contributed by atoms with Crippen LogP contribution < -0.4 is 0 Å². The molecule has 0 bridgehead atoms. The summed E-state index contributed by atoms with van der Waals surface area (Å²) in [5.41, 5.74) is 2.37. The lowest BCUT2D eigenvalue weighted by molar-refractivity contribution is 0.0524. The van der Waals surface area contributed by atoms with Gasteiger partial charge in [-0.2, -0.15) is 5.26 Å². The molecule has 1 aromatic carbocycles. The first-order chi connectivity index (χ1) is 8.19. The van der Waals surface area contributed by atoms with Gasteiger partial charge in [0, 0.05) is 5.88 Å². The smallest absolute Gasteiger partial charge is 0.339 e. The van der Waals surface area contributed by atoms with E-state index in [1.54, 1.807) is 19.1 Å². The number of benzene rings is 1. The van der Waals surface area contributed by atoms with Crippen LogP contribution in [0, 0.1) is 11.3 Å². The highest BCUT2D eigenvalue weighted by Gasteiger charge is 2.19. The molecule has 4 heteroatoms. The molecule has 0 aliphatic rings. The monoisotopic (exact) mass is 251 g/mol. The molecule has 0 saturated carbocycles. The zero-order chi connectivity index (χ0) is 12.8. The highest BCUT2D eigenvalue weighted by molar-refractivity contribution is 6.17. The Morgan fingerprint density at radius 2 is 2.18 bits per heavy atom. The minimum atomic E-state index is -0.451. The number of nitriles is 1. The minimum Gasteiger partial charge on any atom is -0.462 e. The molecule has 0 spiro atoms. The summed E-state index contributed by atoms with van der Waals surface area (Å²) in [6.07, 6.45) is 0.645. The zero-order valence-electron chi connectivity index (χ0n) is 9.92. The van der Waals surface area contributed by atoms with E-state index in [1.807, 2.05) is 13.0 Å². The first-order valence-electron chi connectivity index (χ1n) is 5.47. The fourth-order valence-corrected chi connectivity index (χ4v) is 2.00. The van der Waals surface area contributed by atoms with Gasteiger partial charge in [-0.25, -0.2) is 4.79 Å². The van der Waals surface area contributed by atoms with E-state index in [4.69, 9.17) is 21.6 Å². The highest BCUT2D eigenvalue weighted by Crippen LogP contribution is 2.22. The SMILES string of the molecule is CCOC(=O)c1c(C#N)ccc(CCl)c1CC. The van der Waals surface area contributed by atoms with Crippen molar-refractivity contribution < 1.29 is 9.53 Å². The number of rotatable bonds is 4. The molecule has 0 unspecified atom stereocenters. The number of esters is 1. The first-order valence-corrected chi connectivity index (χ1v) is 6.00. The standard InChI is InChI=1S/C13H14ClNO2/c1-3-11-9(7-14)5-6-10(8-15)12(11)13(16)17-4-2/h5-6H,3-4,7H2,1-2H3. The van der Waals surface area contributed by atoms with Gasteiger partial charge in [0.05, 0.1) is 17.7 Å². The van der Waals surface area contributed by atoms with Gasteiger partial charge in [-0.05, 0) is 30.5 Å². The van der Waals surface area contributed by atoms with Crippen molar-refractivity contribution in [2.24, 2.45) is 0 Å². The van der Waals surface area contributed by atoms with Crippen molar-refractivity contribution in [3.05, 3.63) is 34.4 Å². The lowest BCUT2D eigenvalue weighted by Gasteiger charge is -2.12. The Hall–Kier alpha value is -1.53. The molecular formula is C13H14ClNO2. The summed E-state index contributed by atoms with van der Waals surface area (Å²) in [5, 5.41) is 9.03. The van der Waals surface area contributed by atoms with Gasteiger partial charge in [0.25, 0.3) is 0 Å². The first kappa shape index (κ1) is 13.5. The highest BCUT2D eigenvalue weighted by atomic mass is 35.5. The van der Waals surface area contributed by atoms with Gasteiger partial charge >= 0.3 is 5.97 Å². The number of hydrogen-bond acceptors (Lipinski definition) is 3. The molecule has 0 heterocycles. The molecule has 0 aliphatic heterocycles. The summed E-state index contributed by atoms with van der Waals surface area (Å²) >= 11 is 5.83. The third-order valence-corrected chi connectivity index (χ3v) is 2.80. The molecule has 0 N–H and O–H groups in total. The Bertz CT molecular complexity index is 463. The number of hydrogen-bond donors (Lipinski definition) is 0. The summed E-state index contributed by atoms with van der Waals surface area (Å²) in [5.74, 6) is -0.130. The molecule has 1 rings (SSSR count). The van der Waals surface area contributed by atoms with Gasteiger partial charge in [0.1, 0.15) is 6.07 Å². The molecule has 0 aromatic heterocycles. The molecule has 0 saturated heterocycles. The molecule has 0 atom stereocenters. The predicted molar refractivity (Wildman–Crippen MR) is 66.0 cm³/mol. The zero-order valence-corrected chi connectivity index (χ0v) is 10.7. The van der Waals surface area contributed by atoms with Crippen LogP contribution in [0.2, 0.25) is 0 Å². The van der Waals surface area contributed by atoms with E-state index in [0.29, 0.717) is 23.4 Å². The van der Waals surface area contributed by atoms with Crippen molar-refractivity contribution in [2.75, 3.05) is 6.61 Å². The topological polar surface area (TPSA) is 50.1 Å². The van der Waals surface area contributed by atoms with Crippen molar-refractivity contribution in [1.82, 2.24) is 0 Å². The number of carbonyl (C=O) groups excluding carboxylic acids is 1. The maximum atomic E-state index is 11.9. The van der Waals surface area contributed by atoms with Gasteiger partial charge < -0.3 is 4.74 Å². The van der Waals surface area contributed by atoms with Crippen LogP contribution in [0.4, 0.5) is 0 Å². The quantitative estimate of drug-likeness (QED) is 0.610. The van der Waals surface area contributed by atoms with Crippen LogP contribution in [-0.4, -0.2) is 12.6 Å². The maximum Gasteiger partial charge on any atom is 0.339 e. The number of carbonyl (C=O) groups is 1. The lowest BCUT2D eigenvalue weighted by atomic mass is 9.95. The Morgan fingerprint density at radius 3 is 2.65 bits per heavy atom. The molecule has 90 valence electrons. The second kappa shape index (κ2) is 6.27. The van der Waals surface area contributed by atoms with Crippen LogP contribution in [0.15, 0.2) is 12.1 Å². The molecule has 1 aromatic rings. The van der Waals surface area contributed by atoms with Gasteiger partial charge in [-0.3, -0.25) is 0 Å². The summed E-state index contributed by atoms with van der Waals surface area (Å²) in [6.45, 7) is 3.95. The number of halogens is 1. The average molecular weight is 252 g/mol. The fraction of sp³-hybridized carbons (Fsp3) is 0.385. The van der Waals surface area contributed by atoms with Crippen LogP contribution >= 0.6 is 11.6 Å². The van der Waals surface area contributed by atoms with E-state index in [0.717, 1.165) is 11.1 Å². The molecule has 0 radical (unpaired) electrons. The Balaban J connectivity index is 3.41. The third kappa shape index (κ3) is 2.78. The summed E-state index contributed by atoms with van der Waals surface area (Å²) < 4.78 is 4.98. The lowest BCUT2D eigenvalue weighted by Crippen LogP contribution is -2.12. The van der Waals surface area contributed by atoms with Crippen LogP contribution in [0.3, 0.4) is 0 Å². The normalized spacial score (nSPS) is 9.76. The molecular weight excluding hydrogens is 238 g/mol. The largest absolute Gasteiger partial charge is 0.462 e. The van der Waals surface area contributed by atoms with Gasteiger partial charge in [-0.15, -0.1) is 11.6 Å². The minimum absolute atomic E-state index is 0.290. The second-order valence-corrected chi connectivity index (χ2v) is 3.71. The van der Waals surface area contributed by atoms with Crippen molar-refractivity contribution in [3.8, 4) is 6.07 Å². The van der Waals surface area contributed by atoms with E-state index in [9.17, 15) is 4.79 Å². The van der Waals surface area contributed by atoms with Crippen LogP contribution in [0.5, 0.6) is 0 Å². The molecule has 0 amide bonds. The summed E-state index contributed by atoms with van der Waals surface area (Å²) in [6, 6.07) is 5.42. The van der Waals surface area contributed by atoms with E-state index in [1.165, 1.54) is 0 Å². The van der Waals surface area contributed by atoms with Crippen LogP contribution in [0.1, 0.15) is 40.9 Å². The van der Waals surface area contributed by atoms with Crippen molar-refractivity contribution in [3.63, 3.8) is 0 Å². The average Bonchev–Trinajstić information content (AvgIpc) is 2.36. The van der Waals surface area contributed by atoms with Gasteiger partial charge in [0.15, 0.2) is 0 Å². The summed E-state index contributed by atoms with van der Waals surface area (Å²) in [7, 11) is 0. The van der Waals surface area contributed by atoms with Gasteiger partial charge in [-0.1, -0.05) is 13.0 Å². The Kier molecular flexibility index (Phi) is 4.99. The van der Waals surface area contributed by atoms with Crippen molar-refractivity contribution in [2.45, 2.75) is 26.1 Å². The van der Waals surface area contributed by atoms with E-state index >= 15 is 0 Å². The van der Waals surface area contributed by atoms with Crippen LogP contribution in [-0.2, 0) is 17.0 Å². The molecule has 0 aliphatic carbocycles. The molecule has 17 heavy (non-hydrogen) atoms.